The quantitative estimate of drug-likeness (QED) is 0.883. The van der Waals surface area contributed by atoms with Crippen molar-refractivity contribution in [2.45, 2.75) is 57.5 Å². The van der Waals surface area contributed by atoms with Gasteiger partial charge in [0.1, 0.15) is 0 Å². The standard InChI is InChI=1S/C19H30N2/c1-15-6-5-8-17(14-15)18(20-2)11-13-21-12-10-16-7-3-4-9-19(16)21/h5-6,8,14,16,18-20H,3-4,7,9-13H2,1-2H3. The first-order valence-electron chi connectivity index (χ1n) is 8.76. The molecule has 2 nitrogen and oxygen atoms in total. The number of benzene rings is 1. The third-order valence-corrected chi connectivity index (χ3v) is 5.62. The molecule has 1 N–H and O–H groups in total. The van der Waals surface area contributed by atoms with Crippen LogP contribution in [-0.4, -0.2) is 31.1 Å². The summed E-state index contributed by atoms with van der Waals surface area (Å²) >= 11 is 0. The van der Waals surface area contributed by atoms with E-state index in [9.17, 15) is 0 Å². The van der Waals surface area contributed by atoms with Gasteiger partial charge in [0.2, 0.25) is 0 Å². The van der Waals surface area contributed by atoms with Gasteiger partial charge in [-0.1, -0.05) is 42.7 Å². The summed E-state index contributed by atoms with van der Waals surface area (Å²) in [6, 6.07) is 10.3. The minimum Gasteiger partial charge on any atom is -0.313 e. The Labute approximate surface area is 129 Å². The maximum absolute atomic E-state index is 3.51. The first-order valence-corrected chi connectivity index (χ1v) is 8.76. The molecule has 116 valence electrons. The predicted molar refractivity (Wildman–Crippen MR) is 89.5 cm³/mol. The van der Waals surface area contributed by atoms with Gasteiger partial charge in [0.05, 0.1) is 0 Å². The monoisotopic (exact) mass is 286 g/mol. The van der Waals surface area contributed by atoms with Crippen LogP contribution < -0.4 is 5.32 Å². The lowest BCUT2D eigenvalue weighted by atomic mass is 9.85. The van der Waals surface area contributed by atoms with E-state index >= 15 is 0 Å². The van der Waals surface area contributed by atoms with Crippen molar-refractivity contribution in [2.75, 3.05) is 20.1 Å². The summed E-state index contributed by atoms with van der Waals surface area (Å²) in [5.41, 5.74) is 2.80. The smallest absolute Gasteiger partial charge is 0.0329 e. The number of hydrogen-bond donors (Lipinski definition) is 1. The molecular formula is C19H30N2. The first kappa shape index (κ1) is 15.1. The van der Waals surface area contributed by atoms with Crippen molar-refractivity contribution >= 4 is 0 Å². The van der Waals surface area contributed by atoms with E-state index in [-0.39, 0.29) is 0 Å². The van der Waals surface area contributed by atoms with Gasteiger partial charge < -0.3 is 10.2 Å². The molecule has 0 amide bonds. The van der Waals surface area contributed by atoms with E-state index in [0.717, 1.165) is 12.0 Å². The molecule has 0 aromatic heterocycles. The van der Waals surface area contributed by atoms with Crippen LogP contribution in [0.3, 0.4) is 0 Å². The number of fused-ring (bicyclic) bond motifs is 1. The second kappa shape index (κ2) is 6.93. The highest BCUT2D eigenvalue weighted by atomic mass is 15.2. The fourth-order valence-electron chi connectivity index (χ4n) is 4.44. The van der Waals surface area contributed by atoms with E-state index < -0.39 is 0 Å². The second-order valence-corrected chi connectivity index (χ2v) is 6.98. The fraction of sp³-hybridized carbons (Fsp3) is 0.684. The van der Waals surface area contributed by atoms with Crippen LogP contribution in [0.1, 0.15) is 55.7 Å². The fourth-order valence-corrected chi connectivity index (χ4v) is 4.44. The largest absolute Gasteiger partial charge is 0.313 e. The van der Waals surface area contributed by atoms with E-state index in [1.807, 2.05) is 0 Å². The van der Waals surface area contributed by atoms with Crippen LogP contribution >= 0.6 is 0 Å². The summed E-state index contributed by atoms with van der Waals surface area (Å²) < 4.78 is 0. The number of nitrogens with zero attached hydrogens (tertiary/aromatic N) is 1. The zero-order valence-electron chi connectivity index (χ0n) is 13.6. The third kappa shape index (κ3) is 3.49. The lowest BCUT2D eigenvalue weighted by molar-refractivity contribution is 0.176. The molecule has 1 aliphatic heterocycles. The van der Waals surface area contributed by atoms with Gasteiger partial charge in [-0.3, -0.25) is 0 Å². The van der Waals surface area contributed by atoms with Gasteiger partial charge in [0, 0.05) is 18.6 Å². The molecule has 3 atom stereocenters. The van der Waals surface area contributed by atoms with Gasteiger partial charge in [0.25, 0.3) is 0 Å². The lowest BCUT2D eigenvalue weighted by Crippen LogP contribution is -2.36. The Morgan fingerprint density at radius 3 is 2.90 bits per heavy atom. The van der Waals surface area contributed by atoms with Crippen molar-refractivity contribution in [1.29, 1.82) is 0 Å². The van der Waals surface area contributed by atoms with Gasteiger partial charge in [0.15, 0.2) is 0 Å². The lowest BCUT2D eigenvalue weighted by Gasteiger charge is -2.32. The van der Waals surface area contributed by atoms with E-state index in [1.165, 1.54) is 62.7 Å². The number of aryl methyl sites for hydroxylation is 1. The van der Waals surface area contributed by atoms with Crippen molar-refractivity contribution in [2.24, 2.45) is 5.92 Å². The van der Waals surface area contributed by atoms with Crippen molar-refractivity contribution in [3.63, 3.8) is 0 Å². The number of rotatable bonds is 5. The Bertz CT molecular complexity index is 457. The molecule has 21 heavy (non-hydrogen) atoms. The van der Waals surface area contributed by atoms with Crippen LogP contribution in [0.5, 0.6) is 0 Å². The minimum absolute atomic E-state index is 0.493. The van der Waals surface area contributed by atoms with Crippen LogP contribution in [0.4, 0.5) is 0 Å². The number of likely N-dealkylation sites (tertiary alicyclic amines) is 1. The van der Waals surface area contributed by atoms with Gasteiger partial charge in [-0.2, -0.15) is 0 Å². The van der Waals surface area contributed by atoms with Gasteiger partial charge in [-0.25, -0.2) is 0 Å². The zero-order chi connectivity index (χ0) is 14.7. The zero-order valence-corrected chi connectivity index (χ0v) is 13.6. The molecule has 1 aromatic carbocycles. The predicted octanol–water partition coefficient (Wildman–Crippen LogP) is 3.91. The highest BCUT2D eigenvalue weighted by Crippen LogP contribution is 2.36. The van der Waals surface area contributed by atoms with E-state index in [2.05, 4.69) is 48.5 Å². The molecule has 1 aliphatic carbocycles. The average Bonchev–Trinajstić information content (AvgIpc) is 2.91. The molecule has 1 saturated heterocycles. The van der Waals surface area contributed by atoms with Crippen LogP contribution in [0.2, 0.25) is 0 Å². The van der Waals surface area contributed by atoms with Crippen molar-refractivity contribution in [1.82, 2.24) is 10.2 Å². The summed E-state index contributed by atoms with van der Waals surface area (Å²) in [4.78, 5) is 2.78. The molecule has 1 heterocycles. The Hall–Kier alpha value is -0.860. The van der Waals surface area contributed by atoms with E-state index in [4.69, 9.17) is 0 Å². The molecule has 3 unspecified atom stereocenters. The minimum atomic E-state index is 0.493. The molecule has 1 saturated carbocycles. The molecule has 2 heteroatoms. The Morgan fingerprint density at radius 1 is 1.24 bits per heavy atom. The summed E-state index contributed by atoms with van der Waals surface area (Å²) in [6.07, 6.45) is 8.51. The number of nitrogens with one attached hydrogen (secondary N) is 1. The molecule has 1 aromatic rings. The van der Waals surface area contributed by atoms with E-state index in [1.54, 1.807) is 0 Å². The Balaban J connectivity index is 1.58. The summed E-state index contributed by atoms with van der Waals surface area (Å²) in [5, 5.41) is 3.51. The summed E-state index contributed by atoms with van der Waals surface area (Å²) in [6.45, 7) is 4.77. The first-order chi connectivity index (χ1) is 10.3. The Morgan fingerprint density at radius 2 is 2.10 bits per heavy atom. The van der Waals surface area contributed by atoms with E-state index in [0.29, 0.717) is 6.04 Å². The molecule has 0 radical (unpaired) electrons. The highest BCUT2D eigenvalue weighted by molar-refractivity contribution is 5.25. The molecule has 0 bridgehead atoms. The molecule has 0 spiro atoms. The molecule has 2 aliphatic rings. The van der Waals surface area contributed by atoms with Gasteiger partial charge in [-0.15, -0.1) is 0 Å². The number of hydrogen-bond acceptors (Lipinski definition) is 2. The molecule has 3 rings (SSSR count). The molecule has 2 fully saturated rings. The summed E-state index contributed by atoms with van der Waals surface area (Å²) in [5.74, 6) is 1.01. The summed E-state index contributed by atoms with van der Waals surface area (Å²) in [7, 11) is 2.10. The van der Waals surface area contributed by atoms with Gasteiger partial charge >= 0.3 is 0 Å². The van der Waals surface area contributed by atoms with Gasteiger partial charge in [-0.05, 0) is 57.7 Å². The average molecular weight is 286 g/mol. The normalized spacial score (nSPS) is 27.5. The van der Waals surface area contributed by atoms with Crippen molar-refractivity contribution in [3.8, 4) is 0 Å². The van der Waals surface area contributed by atoms with Crippen LogP contribution in [0.25, 0.3) is 0 Å². The highest BCUT2D eigenvalue weighted by Gasteiger charge is 2.35. The second-order valence-electron chi connectivity index (χ2n) is 6.98. The maximum atomic E-state index is 3.51. The van der Waals surface area contributed by atoms with Crippen LogP contribution in [0, 0.1) is 12.8 Å². The van der Waals surface area contributed by atoms with Crippen LogP contribution in [-0.2, 0) is 0 Å². The van der Waals surface area contributed by atoms with Crippen molar-refractivity contribution < 1.29 is 0 Å². The Kier molecular flexibility index (Phi) is 4.97. The van der Waals surface area contributed by atoms with Crippen molar-refractivity contribution in [3.05, 3.63) is 35.4 Å². The topological polar surface area (TPSA) is 15.3 Å². The third-order valence-electron chi connectivity index (χ3n) is 5.62. The SMILES string of the molecule is CNC(CCN1CCC2CCCCC21)c1cccc(C)c1. The van der Waals surface area contributed by atoms with Crippen LogP contribution in [0.15, 0.2) is 24.3 Å². The maximum Gasteiger partial charge on any atom is 0.0329 e. The molecular weight excluding hydrogens is 256 g/mol.